The Balaban J connectivity index is 1.45. The maximum absolute atomic E-state index is 12.8. The Bertz CT molecular complexity index is 1250. The number of fused-ring (bicyclic) bond motifs is 2. The number of benzene rings is 2. The Morgan fingerprint density at radius 3 is 2.52 bits per heavy atom. The van der Waals surface area contributed by atoms with E-state index < -0.39 is 5.34 Å². The molecule has 0 bridgehead atoms. The second-order valence-corrected chi connectivity index (χ2v) is 7.35. The van der Waals surface area contributed by atoms with E-state index in [-0.39, 0.29) is 5.91 Å². The molecule has 0 unspecified atom stereocenters. The number of pyridine rings is 1. The van der Waals surface area contributed by atoms with E-state index in [0.717, 1.165) is 27.6 Å². The summed E-state index contributed by atoms with van der Waals surface area (Å²) >= 11 is 0. The van der Waals surface area contributed by atoms with Gasteiger partial charge in [0.15, 0.2) is 0 Å². The van der Waals surface area contributed by atoms with Crippen LogP contribution in [0.4, 0.5) is 0 Å². The largest absolute Gasteiger partial charge is 0.340 e. The van der Waals surface area contributed by atoms with Crippen LogP contribution in [0.2, 0.25) is 0 Å². The molecule has 5 rings (SSSR count). The molecule has 7 heteroatoms. The van der Waals surface area contributed by atoms with E-state index in [2.05, 4.69) is 16.1 Å². The van der Waals surface area contributed by atoms with E-state index in [4.69, 9.17) is 15.7 Å². The van der Waals surface area contributed by atoms with Crippen molar-refractivity contribution in [2.45, 2.75) is 11.9 Å². The van der Waals surface area contributed by atoms with E-state index in [9.17, 15) is 4.79 Å². The molecule has 1 amide bonds. The predicted octanol–water partition coefficient (Wildman–Crippen LogP) is 2.74. The van der Waals surface area contributed by atoms with Crippen LogP contribution in [0.3, 0.4) is 0 Å². The molecule has 2 aromatic carbocycles. The highest BCUT2D eigenvalue weighted by Gasteiger charge is 2.42. The second kappa shape index (κ2) is 6.34. The van der Waals surface area contributed by atoms with Crippen LogP contribution in [0, 0.1) is 0 Å². The molecule has 0 N–H and O–H groups in total. The number of amides is 1. The molecule has 3 heterocycles. The molecular formula is C22H16B2N4O. The molecule has 29 heavy (non-hydrogen) atoms. The SMILES string of the molecule is [B]C1([B])c2ncccc2C(=O)N1Cc1ccc(-c2cccc3nn(C)cc23)cc1. The average molecular weight is 374 g/mol. The van der Waals surface area contributed by atoms with E-state index >= 15 is 0 Å². The summed E-state index contributed by atoms with van der Waals surface area (Å²) in [7, 11) is 14.5. The Labute approximate surface area is 171 Å². The van der Waals surface area contributed by atoms with Crippen molar-refractivity contribution in [3.8, 4) is 11.1 Å². The molecule has 2 aromatic heterocycles. The zero-order chi connectivity index (χ0) is 20.2. The molecule has 1 aliphatic rings. The lowest BCUT2D eigenvalue weighted by Gasteiger charge is -2.33. The molecule has 0 atom stereocenters. The molecule has 1 aliphatic heterocycles. The van der Waals surface area contributed by atoms with Gasteiger partial charge in [0.05, 0.1) is 32.5 Å². The van der Waals surface area contributed by atoms with Crippen molar-refractivity contribution in [2.75, 3.05) is 0 Å². The number of aryl methyl sites for hydroxylation is 1. The van der Waals surface area contributed by atoms with Gasteiger partial charge in [-0.3, -0.25) is 14.5 Å². The van der Waals surface area contributed by atoms with Gasteiger partial charge >= 0.3 is 0 Å². The third-order valence-electron chi connectivity index (χ3n) is 5.38. The van der Waals surface area contributed by atoms with Gasteiger partial charge in [0.1, 0.15) is 0 Å². The summed E-state index contributed by atoms with van der Waals surface area (Å²) in [5, 5.41) is 4.14. The standard InChI is InChI=1S/C22H16B2N4O/c1-27-13-18-16(4-2-6-19(18)26-27)15-9-7-14(8-10-15)12-28-21(29)17-5-3-11-25-20(17)22(28,23)24/h2-11,13H,12H2,1H3. The summed E-state index contributed by atoms with van der Waals surface area (Å²) in [6, 6.07) is 17.6. The summed E-state index contributed by atoms with van der Waals surface area (Å²) in [4.78, 5) is 18.4. The lowest BCUT2D eigenvalue weighted by Crippen LogP contribution is -2.44. The monoisotopic (exact) mass is 374 g/mol. The van der Waals surface area contributed by atoms with Crippen LogP contribution in [-0.2, 0) is 18.9 Å². The van der Waals surface area contributed by atoms with Crippen LogP contribution in [0.25, 0.3) is 22.0 Å². The summed E-state index contributed by atoms with van der Waals surface area (Å²) in [5.74, 6) is -0.206. The molecule has 4 radical (unpaired) electrons. The summed E-state index contributed by atoms with van der Waals surface area (Å²) in [6.45, 7) is 0.305. The molecule has 0 spiro atoms. The van der Waals surface area contributed by atoms with E-state index in [1.165, 1.54) is 4.90 Å². The minimum absolute atomic E-state index is 0.206. The number of carbonyl (C=O) groups is 1. The number of aromatic nitrogens is 3. The van der Waals surface area contributed by atoms with Gasteiger partial charge in [-0.25, -0.2) is 0 Å². The molecule has 4 aromatic rings. The second-order valence-electron chi connectivity index (χ2n) is 7.35. The van der Waals surface area contributed by atoms with Gasteiger partial charge in [-0.05, 0) is 34.9 Å². The zero-order valence-corrected chi connectivity index (χ0v) is 15.9. The van der Waals surface area contributed by atoms with Gasteiger partial charge < -0.3 is 4.90 Å². The molecule has 5 nitrogen and oxygen atoms in total. The van der Waals surface area contributed by atoms with Crippen LogP contribution >= 0.6 is 0 Å². The maximum Gasteiger partial charge on any atom is 0.255 e. The lowest BCUT2D eigenvalue weighted by atomic mass is 9.59. The Morgan fingerprint density at radius 1 is 1.00 bits per heavy atom. The highest BCUT2D eigenvalue weighted by Crippen LogP contribution is 2.34. The number of hydrogen-bond acceptors (Lipinski definition) is 3. The fraction of sp³-hybridized carbons (Fsp3) is 0.136. The molecule has 0 saturated carbocycles. The van der Waals surface area contributed by atoms with Gasteiger partial charge in [-0.1, -0.05) is 36.4 Å². The van der Waals surface area contributed by atoms with Gasteiger partial charge in [0.2, 0.25) is 0 Å². The highest BCUT2D eigenvalue weighted by atomic mass is 16.2. The molecule has 0 aliphatic carbocycles. The van der Waals surface area contributed by atoms with Gasteiger partial charge in [0, 0.05) is 36.7 Å². The quantitative estimate of drug-likeness (QED) is 0.519. The first kappa shape index (κ1) is 17.7. The minimum Gasteiger partial charge on any atom is -0.340 e. The smallest absolute Gasteiger partial charge is 0.255 e. The normalized spacial score (nSPS) is 15.1. The van der Waals surface area contributed by atoms with Gasteiger partial charge in [-0.15, -0.1) is 0 Å². The van der Waals surface area contributed by atoms with Crippen LogP contribution < -0.4 is 0 Å². The zero-order valence-electron chi connectivity index (χ0n) is 15.9. The first-order chi connectivity index (χ1) is 13.9. The Morgan fingerprint density at radius 2 is 1.76 bits per heavy atom. The van der Waals surface area contributed by atoms with Crippen molar-refractivity contribution >= 4 is 32.5 Å². The van der Waals surface area contributed by atoms with Crippen molar-refractivity contribution in [2.24, 2.45) is 7.05 Å². The van der Waals surface area contributed by atoms with Crippen molar-refractivity contribution in [1.82, 2.24) is 19.7 Å². The predicted molar refractivity (Wildman–Crippen MR) is 113 cm³/mol. The van der Waals surface area contributed by atoms with Gasteiger partial charge in [-0.2, -0.15) is 5.10 Å². The van der Waals surface area contributed by atoms with Crippen LogP contribution in [0.1, 0.15) is 21.6 Å². The fourth-order valence-electron chi connectivity index (χ4n) is 3.93. The van der Waals surface area contributed by atoms with Crippen LogP contribution in [0.15, 0.2) is 67.0 Å². The average Bonchev–Trinajstić information content (AvgIpc) is 3.19. The number of carbonyl (C=O) groups excluding carboxylic acids is 1. The lowest BCUT2D eigenvalue weighted by molar-refractivity contribution is 0.0731. The third kappa shape index (κ3) is 2.77. The summed E-state index contributed by atoms with van der Waals surface area (Å²) in [5.41, 5.74) is 4.95. The van der Waals surface area contributed by atoms with Crippen LogP contribution in [0.5, 0.6) is 0 Å². The number of hydrogen-bond donors (Lipinski definition) is 0. The van der Waals surface area contributed by atoms with Crippen molar-refractivity contribution in [3.63, 3.8) is 0 Å². The Kier molecular flexibility index (Phi) is 3.88. The minimum atomic E-state index is -1.42. The van der Waals surface area contributed by atoms with E-state index in [1.54, 1.807) is 18.3 Å². The number of nitrogens with zero attached hydrogens (tertiary/aromatic N) is 4. The first-order valence-corrected chi connectivity index (χ1v) is 9.32. The molecule has 0 fully saturated rings. The number of rotatable bonds is 3. The Hall–Kier alpha value is -3.34. The van der Waals surface area contributed by atoms with Crippen molar-refractivity contribution in [1.29, 1.82) is 0 Å². The molecule has 0 saturated heterocycles. The van der Waals surface area contributed by atoms with Crippen LogP contribution in [-0.4, -0.2) is 41.3 Å². The molecule has 136 valence electrons. The summed E-state index contributed by atoms with van der Waals surface area (Å²) in [6.07, 6.45) is 3.61. The van der Waals surface area contributed by atoms with E-state index in [1.807, 2.05) is 54.3 Å². The van der Waals surface area contributed by atoms with Gasteiger partial charge in [0.25, 0.3) is 5.91 Å². The summed E-state index contributed by atoms with van der Waals surface area (Å²) < 4.78 is 1.81. The van der Waals surface area contributed by atoms with Crippen molar-refractivity contribution in [3.05, 3.63) is 83.8 Å². The third-order valence-corrected chi connectivity index (χ3v) is 5.38. The maximum atomic E-state index is 12.8. The fourth-order valence-corrected chi connectivity index (χ4v) is 3.93. The van der Waals surface area contributed by atoms with E-state index in [0.29, 0.717) is 17.8 Å². The topological polar surface area (TPSA) is 51.0 Å². The molecular weight excluding hydrogens is 358 g/mol. The van der Waals surface area contributed by atoms with Crippen molar-refractivity contribution < 1.29 is 4.79 Å². The first-order valence-electron chi connectivity index (χ1n) is 9.32. The highest BCUT2D eigenvalue weighted by molar-refractivity contribution is 6.42.